The Balaban J connectivity index is 1.63. The van der Waals surface area contributed by atoms with E-state index in [1.807, 2.05) is 37.3 Å². The van der Waals surface area contributed by atoms with Crippen LogP contribution in [0.3, 0.4) is 0 Å². The summed E-state index contributed by atoms with van der Waals surface area (Å²) < 4.78 is 5.39. The lowest BCUT2D eigenvalue weighted by atomic mass is 10.1. The first-order valence-corrected chi connectivity index (χ1v) is 9.12. The molecule has 3 aromatic carbocycles. The standard InChI is InChI=1S/C23H22N2O3/c1-2-28-21-13-11-20(12-14-21)25-23(27)19-10-6-9-18(15-19)22(26)24-16-17-7-4-3-5-8-17/h3-15H,2,16H2,1H3,(H,24,26)(H,25,27). The third-order valence-corrected chi connectivity index (χ3v) is 4.11. The molecule has 0 saturated carbocycles. The van der Waals surface area contributed by atoms with Gasteiger partial charge in [0.15, 0.2) is 0 Å². The summed E-state index contributed by atoms with van der Waals surface area (Å²) in [5.74, 6) is 0.249. The molecule has 5 nitrogen and oxygen atoms in total. The fraction of sp³-hybridized carbons (Fsp3) is 0.130. The van der Waals surface area contributed by atoms with Gasteiger partial charge in [-0.1, -0.05) is 36.4 Å². The van der Waals surface area contributed by atoms with Gasteiger partial charge >= 0.3 is 0 Å². The van der Waals surface area contributed by atoms with Crippen LogP contribution in [0.2, 0.25) is 0 Å². The van der Waals surface area contributed by atoms with E-state index in [0.717, 1.165) is 11.3 Å². The van der Waals surface area contributed by atoms with Crippen molar-refractivity contribution < 1.29 is 14.3 Å². The molecule has 2 amide bonds. The molecule has 28 heavy (non-hydrogen) atoms. The molecule has 0 spiro atoms. The van der Waals surface area contributed by atoms with Crippen LogP contribution < -0.4 is 15.4 Å². The maximum Gasteiger partial charge on any atom is 0.255 e. The maximum atomic E-state index is 12.5. The highest BCUT2D eigenvalue weighted by molar-refractivity contribution is 6.06. The Morgan fingerprint density at radius 2 is 1.50 bits per heavy atom. The van der Waals surface area contributed by atoms with Gasteiger partial charge in [0, 0.05) is 23.4 Å². The van der Waals surface area contributed by atoms with Crippen molar-refractivity contribution in [2.75, 3.05) is 11.9 Å². The molecule has 3 rings (SSSR count). The largest absolute Gasteiger partial charge is 0.494 e. The molecule has 0 atom stereocenters. The summed E-state index contributed by atoms with van der Waals surface area (Å²) in [5, 5.41) is 5.69. The smallest absolute Gasteiger partial charge is 0.255 e. The van der Waals surface area contributed by atoms with Crippen molar-refractivity contribution in [1.82, 2.24) is 5.32 Å². The Bertz CT molecular complexity index is 938. The van der Waals surface area contributed by atoms with E-state index in [1.54, 1.807) is 48.5 Å². The molecule has 0 unspecified atom stereocenters. The monoisotopic (exact) mass is 374 g/mol. The van der Waals surface area contributed by atoms with E-state index in [-0.39, 0.29) is 11.8 Å². The molecule has 0 saturated heterocycles. The Morgan fingerprint density at radius 3 is 2.18 bits per heavy atom. The SMILES string of the molecule is CCOc1ccc(NC(=O)c2cccc(C(=O)NCc3ccccc3)c2)cc1. The van der Waals surface area contributed by atoms with Crippen molar-refractivity contribution in [3.05, 3.63) is 95.6 Å². The number of carbonyl (C=O) groups excluding carboxylic acids is 2. The second-order valence-corrected chi connectivity index (χ2v) is 6.16. The van der Waals surface area contributed by atoms with E-state index in [9.17, 15) is 9.59 Å². The summed E-state index contributed by atoms with van der Waals surface area (Å²) in [6.45, 7) is 2.94. The van der Waals surface area contributed by atoms with Gasteiger partial charge in [0.1, 0.15) is 5.75 Å². The minimum atomic E-state index is -0.276. The normalized spacial score (nSPS) is 10.2. The average molecular weight is 374 g/mol. The third-order valence-electron chi connectivity index (χ3n) is 4.11. The molecule has 142 valence electrons. The molecule has 5 heteroatoms. The first-order chi connectivity index (χ1) is 13.7. The number of amides is 2. The molecule has 0 aliphatic carbocycles. The molecular formula is C23H22N2O3. The summed E-state index contributed by atoms with van der Waals surface area (Å²) in [7, 11) is 0. The van der Waals surface area contributed by atoms with Crippen LogP contribution in [0.5, 0.6) is 5.75 Å². The highest BCUT2D eigenvalue weighted by Gasteiger charge is 2.11. The van der Waals surface area contributed by atoms with Gasteiger partial charge in [0.2, 0.25) is 0 Å². The van der Waals surface area contributed by atoms with Gasteiger partial charge in [-0.15, -0.1) is 0 Å². The van der Waals surface area contributed by atoms with Crippen molar-refractivity contribution in [2.24, 2.45) is 0 Å². The second kappa shape index (κ2) is 9.37. The van der Waals surface area contributed by atoms with Gasteiger partial charge in [-0.25, -0.2) is 0 Å². The number of anilines is 1. The van der Waals surface area contributed by atoms with Gasteiger partial charge in [0.25, 0.3) is 11.8 Å². The predicted molar refractivity (Wildman–Crippen MR) is 110 cm³/mol. The van der Waals surface area contributed by atoms with E-state index in [1.165, 1.54) is 0 Å². The molecule has 0 aromatic heterocycles. The van der Waals surface area contributed by atoms with Gasteiger partial charge in [-0.2, -0.15) is 0 Å². The minimum Gasteiger partial charge on any atom is -0.494 e. The Hall–Kier alpha value is -3.60. The highest BCUT2D eigenvalue weighted by Crippen LogP contribution is 2.17. The summed E-state index contributed by atoms with van der Waals surface area (Å²) in [5.41, 5.74) is 2.53. The summed E-state index contributed by atoms with van der Waals surface area (Å²) in [6.07, 6.45) is 0. The van der Waals surface area contributed by atoms with Crippen LogP contribution in [0.1, 0.15) is 33.2 Å². The Kier molecular flexibility index (Phi) is 6.41. The van der Waals surface area contributed by atoms with Crippen molar-refractivity contribution >= 4 is 17.5 Å². The molecular weight excluding hydrogens is 352 g/mol. The fourth-order valence-corrected chi connectivity index (χ4v) is 2.69. The Morgan fingerprint density at radius 1 is 0.821 bits per heavy atom. The van der Waals surface area contributed by atoms with E-state index in [4.69, 9.17) is 4.74 Å². The van der Waals surface area contributed by atoms with Crippen molar-refractivity contribution in [2.45, 2.75) is 13.5 Å². The lowest BCUT2D eigenvalue weighted by Crippen LogP contribution is -2.23. The Labute approximate surface area is 164 Å². The lowest BCUT2D eigenvalue weighted by molar-refractivity contribution is 0.0951. The molecule has 0 heterocycles. The molecule has 0 radical (unpaired) electrons. The quantitative estimate of drug-likeness (QED) is 0.649. The fourth-order valence-electron chi connectivity index (χ4n) is 2.69. The zero-order valence-electron chi connectivity index (χ0n) is 15.6. The number of rotatable bonds is 7. The van der Waals surface area contributed by atoms with Crippen molar-refractivity contribution in [1.29, 1.82) is 0 Å². The summed E-state index contributed by atoms with van der Waals surface area (Å²) in [6, 6.07) is 23.5. The first kappa shape index (κ1) is 19.2. The minimum absolute atomic E-state index is 0.223. The number of ether oxygens (including phenoxy) is 1. The number of hydrogen-bond acceptors (Lipinski definition) is 3. The first-order valence-electron chi connectivity index (χ1n) is 9.12. The van der Waals surface area contributed by atoms with Crippen LogP contribution in [0.4, 0.5) is 5.69 Å². The van der Waals surface area contributed by atoms with Gasteiger partial charge < -0.3 is 15.4 Å². The molecule has 3 aromatic rings. The van der Waals surface area contributed by atoms with E-state index in [2.05, 4.69) is 10.6 Å². The maximum absolute atomic E-state index is 12.5. The second-order valence-electron chi connectivity index (χ2n) is 6.16. The number of nitrogens with one attached hydrogen (secondary N) is 2. The van der Waals surface area contributed by atoms with Gasteiger partial charge in [-0.3, -0.25) is 9.59 Å². The van der Waals surface area contributed by atoms with Crippen molar-refractivity contribution in [3.8, 4) is 5.75 Å². The zero-order chi connectivity index (χ0) is 19.8. The predicted octanol–water partition coefficient (Wildman–Crippen LogP) is 4.27. The highest BCUT2D eigenvalue weighted by atomic mass is 16.5. The molecule has 0 aliphatic heterocycles. The van der Waals surface area contributed by atoms with Crippen LogP contribution >= 0.6 is 0 Å². The van der Waals surface area contributed by atoms with E-state index < -0.39 is 0 Å². The van der Waals surface area contributed by atoms with Crippen LogP contribution in [0.15, 0.2) is 78.9 Å². The van der Waals surface area contributed by atoms with E-state index >= 15 is 0 Å². The molecule has 2 N–H and O–H groups in total. The van der Waals surface area contributed by atoms with Gasteiger partial charge in [0.05, 0.1) is 6.61 Å². The zero-order valence-corrected chi connectivity index (χ0v) is 15.6. The van der Waals surface area contributed by atoms with Crippen LogP contribution in [0, 0.1) is 0 Å². The number of carbonyl (C=O) groups is 2. The van der Waals surface area contributed by atoms with Crippen LogP contribution in [-0.2, 0) is 6.54 Å². The average Bonchev–Trinajstić information content (AvgIpc) is 2.74. The lowest BCUT2D eigenvalue weighted by Gasteiger charge is -2.09. The van der Waals surface area contributed by atoms with Gasteiger partial charge in [-0.05, 0) is 55.0 Å². The van der Waals surface area contributed by atoms with Crippen LogP contribution in [0.25, 0.3) is 0 Å². The summed E-state index contributed by atoms with van der Waals surface area (Å²) >= 11 is 0. The molecule has 0 bridgehead atoms. The molecule has 0 fully saturated rings. The van der Waals surface area contributed by atoms with E-state index in [0.29, 0.717) is 30.0 Å². The third kappa shape index (κ3) is 5.20. The van der Waals surface area contributed by atoms with Crippen molar-refractivity contribution in [3.63, 3.8) is 0 Å². The molecule has 0 aliphatic rings. The topological polar surface area (TPSA) is 67.4 Å². The summed E-state index contributed by atoms with van der Waals surface area (Å²) in [4.78, 5) is 24.9. The number of hydrogen-bond donors (Lipinski definition) is 2. The van der Waals surface area contributed by atoms with Crippen LogP contribution in [-0.4, -0.2) is 18.4 Å². The number of benzene rings is 3.